The van der Waals surface area contributed by atoms with E-state index in [4.69, 9.17) is 11.1 Å². The number of anilines is 1. The second-order valence-corrected chi connectivity index (χ2v) is 3.90. The van der Waals surface area contributed by atoms with Gasteiger partial charge in [0.2, 0.25) is 5.96 Å². The first kappa shape index (κ1) is 14.0. The number of carbonyl (C=O) groups is 1. The molecule has 1 aromatic carbocycles. The lowest BCUT2D eigenvalue weighted by atomic mass is 10.0. The molecule has 0 aliphatic heterocycles. The van der Waals surface area contributed by atoms with E-state index in [9.17, 15) is 4.79 Å². The number of benzene rings is 1. The van der Waals surface area contributed by atoms with Crippen LogP contribution in [0.1, 0.15) is 25.0 Å². The van der Waals surface area contributed by atoms with Gasteiger partial charge in [-0.3, -0.25) is 5.41 Å². The van der Waals surface area contributed by atoms with Crippen LogP contribution in [0.4, 0.5) is 10.5 Å². The molecule has 1 aromatic rings. The van der Waals surface area contributed by atoms with Gasteiger partial charge in [-0.15, -0.1) is 0 Å². The Morgan fingerprint density at radius 1 is 1.39 bits per heavy atom. The lowest BCUT2D eigenvalue weighted by Gasteiger charge is -2.24. The molecular weight excluding hydrogens is 228 g/mol. The van der Waals surface area contributed by atoms with Crippen LogP contribution in [0.5, 0.6) is 0 Å². The molecule has 0 bridgehead atoms. The van der Waals surface area contributed by atoms with E-state index in [0.717, 1.165) is 18.4 Å². The Morgan fingerprint density at radius 3 is 2.50 bits per heavy atom. The van der Waals surface area contributed by atoms with Crippen molar-refractivity contribution in [3.05, 3.63) is 29.3 Å². The van der Waals surface area contributed by atoms with Crippen molar-refractivity contribution < 1.29 is 4.79 Å². The third kappa shape index (κ3) is 2.61. The first-order valence-corrected chi connectivity index (χ1v) is 6.03. The lowest BCUT2D eigenvalue weighted by Crippen LogP contribution is -2.46. The second kappa shape index (κ2) is 6.05. The molecule has 2 amide bonds. The van der Waals surface area contributed by atoms with E-state index >= 15 is 0 Å². The Kier molecular flexibility index (Phi) is 4.71. The van der Waals surface area contributed by atoms with Crippen LogP contribution in [-0.4, -0.2) is 19.0 Å². The Labute approximate surface area is 107 Å². The van der Waals surface area contributed by atoms with Gasteiger partial charge in [0, 0.05) is 7.05 Å². The Balaban J connectivity index is 3.36. The zero-order valence-electron chi connectivity index (χ0n) is 11.1. The van der Waals surface area contributed by atoms with E-state index in [1.165, 1.54) is 17.5 Å². The minimum Gasteiger partial charge on any atom is -0.369 e. The van der Waals surface area contributed by atoms with Gasteiger partial charge in [-0.1, -0.05) is 26.0 Å². The van der Waals surface area contributed by atoms with Gasteiger partial charge in [-0.05, 0) is 30.0 Å². The minimum atomic E-state index is -0.398. The molecule has 5 nitrogen and oxygen atoms in total. The summed E-state index contributed by atoms with van der Waals surface area (Å²) in [5.74, 6) is -0.280. The lowest BCUT2D eigenvalue weighted by molar-refractivity contribution is 0.251. The van der Waals surface area contributed by atoms with Crippen LogP contribution in [0, 0.1) is 5.41 Å². The van der Waals surface area contributed by atoms with E-state index in [2.05, 4.69) is 12.2 Å². The van der Waals surface area contributed by atoms with Gasteiger partial charge < -0.3 is 11.1 Å². The van der Waals surface area contributed by atoms with E-state index in [1.54, 1.807) is 0 Å². The predicted octanol–water partition coefficient (Wildman–Crippen LogP) is 1.85. The van der Waals surface area contributed by atoms with Crippen molar-refractivity contribution in [3.63, 3.8) is 0 Å². The number of aryl methyl sites for hydroxylation is 1. The van der Waals surface area contributed by atoms with Crippen LogP contribution in [0.3, 0.4) is 0 Å². The number of urea groups is 1. The zero-order chi connectivity index (χ0) is 13.7. The zero-order valence-corrected chi connectivity index (χ0v) is 11.1. The van der Waals surface area contributed by atoms with Crippen LogP contribution in [0.15, 0.2) is 18.2 Å². The molecule has 0 aliphatic rings. The number of nitrogens with one attached hydrogen (secondary N) is 2. The minimum absolute atomic E-state index is 0.280. The number of guanidine groups is 1. The average molecular weight is 248 g/mol. The van der Waals surface area contributed by atoms with Gasteiger partial charge in [0.05, 0.1) is 5.69 Å². The van der Waals surface area contributed by atoms with Gasteiger partial charge in [0.15, 0.2) is 0 Å². The van der Waals surface area contributed by atoms with Crippen molar-refractivity contribution in [2.45, 2.75) is 26.7 Å². The topological polar surface area (TPSA) is 82.2 Å². The summed E-state index contributed by atoms with van der Waals surface area (Å²) in [6.45, 7) is 4.09. The van der Waals surface area contributed by atoms with Gasteiger partial charge in [-0.2, -0.15) is 0 Å². The van der Waals surface area contributed by atoms with Crippen LogP contribution in [0.25, 0.3) is 0 Å². The standard InChI is InChI=1S/C13H20N4O/c1-4-9-7-6-8-11(10(9)5-2)17(12(14)15)13(18)16-3/h6-8H,4-5H2,1-3H3,(H3,14,15)(H,16,18). The van der Waals surface area contributed by atoms with Crippen LogP contribution >= 0.6 is 0 Å². The Bertz CT molecular complexity index is 456. The summed E-state index contributed by atoms with van der Waals surface area (Å²) in [4.78, 5) is 13.0. The fourth-order valence-corrected chi connectivity index (χ4v) is 2.03. The summed E-state index contributed by atoms with van der Waals surface area (Å²) in [5.41, 5.74) is 8.42. The molecule has 0 saturated carbocycles. The molecule has 1 rings (SSSR count). The summed E-state index contributed by atoms with van der Waals surface area (Å²) in [7, 11) is 1.52. The van der Waals surface area contributed by atoms with E-state index in [1.807, 2.05) is 25.1 Å². The molecule has 4 N–H and O–H groups in total. The molecule has 0 aliphatic carbocycles. The van der Waals surface area contributed by atoms with Crippen LogP contribution in [0.2, 0.25) is 0 Å². The van der Waals surface area contributed by atoms with Gasteiger partial charge in [0.25, 0.3) is 0 Å². The highest BCUT2D eigenvalue weighted by Crippen LogP contribution is 2.25. The SMILES string of the molecule is CCc1cccc(N(C(=N)N)C(=O)NC)c1CC. The van der Waals surface area contributed by atoms with Crippen molar-refractivity contribution in [3.8, 4) is 0 Å². The third-order valence-electron chi connectivity index (χ3n) is 2.88. The first-order valence-electron chi connectivity index (χ1n) is 6.03. The van der Waals surface area contributed by atoms with E-state index in [-0.39, 0.29) is 5.96 Å². The maximum atomic E-state index is 11.8. The van der Waals surface area contributed by atoms with E-state index < -0.39 is 6.03 Å². The second-order valence-electron chi connectivity index (χ2n) is 3.90. The first-order chi connectivity index (χ1) is 8.56. The molecule has 18 heavy (non-hydrogen) atoms. The number of amides is 2. The molecule has 5 heteroatoms. The fourth-order valence-electron chi connectivity index (χ4n) is 2.03. The number of nitrogens with zero attached hydrogens (tertiary/aromatic N) is 1. The Morgan fingerprint density at radius 2 is 2.06 bits per heavy atom. The highest BCUT2D eigenvalue weighted by atomic mass is 16.2. The number of hydrogen-bond acceptors (Lipinski definition) is 2. The third-order valence-corrected chi connectivity index (χ3v) is 2.88. The number of carbonyl (C=O) groups excluding carboxylic acids is 1. The van der Waals surface area contributed by atoms with Crippen molar-refractivity contribution in [1.29, 1.82) is 5.41 Å². The maximum Gasteiger partial charge on any atom is 0.328 e. The molecule has 0 atom stereocenters. The highest BCUT2D eigenvalue weighted by molar-refractivity contribution is 6.14. The highest BCUT2D eigenvalue weighted by Gasteiger charge is 2.20. The molecule has 0 heterocycles. The van der Waals surface area contributed by atoms with Crippen LogP contribution < -0.4 is 16.0 Å². The molecular formula is C13H20N4O. The molecule has 0 spiro atoms. The summed E-state index contributed by atoms with van der Waals surface area (Å²) in [6, 6.07) is 5.33. The fraction of sp³-hybridized carbons (Fsp3) is 0.385. The number of hydrogen-bond donors (Lipinski definition) is 3. The van der Waals surface area contributed by atoms with Crippen LogP contribution in [-0.2, 0) is 12.8 Å². The molecule has 0 fully saturated rings. The van der Waals surface area contributed by atoms with E-state index in [0.29, 0.717) is 5.69 Å². The normalized spacial score (nSPS) is 9.94. The molecule has 0 radical (unpaired) electrons. The average Bonchev–Trinajstić information content (AvgIpc) is 2.37. The summed E-state index contributed by atoms with van der Waals surface area (Å²) in [5, 5.41) is 10.1. The Hall–Kier alpha value is -2.04. The largest absolute Gasteiger partial charge is 0.369 e. The monoisotopic (exact) mass is 248 g/mol. The van der Waals surface area contributed by atoms with Crippen molar-refractivity contribution in [1.82, 2.24) is 5.32 Å². The van der Waals surface area contributed by atoms with Crippen molar-refractivity contribution in [2.75, 3.05) is 11.9 Å². The summed E-state index contributed by atoms with van der Waals surface area (Å²) < 4.78 is 0. The maximum absolute atomic E-state index is 11.8. The smallest absolute Gasteiger partial charge is 0.328 e. The summed E-state index contributed by atoms with van der Waals surface area (Å²) >= 11 is 0. The number of nitrogens with two attached hydrogens (primary N) is 1. The summed E-state index contributed by atoms with van der Waals surface area (Å²) in [6.07, 6.45) is 1.68. The van der Waals surface area contributed by atoms with Gasteiger partial charge >= 0.3 is 6.03 Å². The number of rotatable bonds is 3. The van der Waals surface area contributed by atoms with Crippen molar-refractivity contribution >= 4 is 17.7 Å². The predicted molar refractivity (Wildman–Crippen MR) is 74.0 cm³/mol. The van der Waals surface area contributed by atoms with Crippen molar-refractivity contribution in [2.24, 2.45) is 5.73 Å². The molecule has 98 valence electrons. The quantitative estimate of drug-likeness (QED) is 0.563. The molecule has 0 saturated heterocycles. The molecule has 0 unspecified atom stereocenters. The molecule has 0 aromatic heterocycles. The van der Waals surface area contributed by atoms with Gasteiger partial charge in [0.1, 0.15) is 0 Å². The van der Waals surface area contributed by atoms with Gasteiger partial charge in [-0.25, -0.2) is 9.69 Å².